The van der Waals surface area contributed by atoms with Crippen LogP contribution in [0.1, 0.15) is 28.4 Å². The smallest absolute Gasteiger partial charge is 0.382 e. The van der Waals surface area contributed by atoms with Gasteiger partial charge in [-0.15, -0.1) is 0 Å². The summed E-state index contributed by atoms with van der Waals surface area (Å²) in [4.78, 5) is 26.9. The van der Waals surface area contributed by atoms with E-state index in [0.29, 0.717) is 6.07 Å². The number of nitriles is 1. The summed E-state index contributed by atoms with van der Waals surface area (Å²) in [5, 5.41) is 8.68. The fraction of sp³-hybridized carbons (Fsp3) is 0.238. The van der Waals surface area contributed by atoms with Crippen LogP contribution in [0.4, 0.5) is 28.9 Å². The van der Waals surface area contributed by atoms with Crippen LogP contribution in [0.5, 0.6) is 0 Å². The van der Waals surface area contributed by atoms with Crippen LogP contribution in [-0.4, -0.2) is 36.2 Å². The van der Waals surface area contributed by atoms with Crippen molar-refractivity contribution in [1.82, 2.24) is 0 Å². The Bertz CT molecular complexity index is 1210. The average molecular weight is 480 g/mol. The van der Waals surface area contributed by atoms with Crippen molar-refractivity contribution in [3.63, 3.8) is 0 Å². The van der Waals surface area contributed by atoms with Gasteiger partial charge in [0.15, 0.2) is 10.9 Å². The lowest BCUT2D eigenvalue weighted by molar-refractivity contribution is -0.137. The molecule has 1 unspecified atom stereocenters. The van der Waals surface area contributed by atoms with Crippen LogP contribution in [-0.2, 0) is 15.7 Å². The highest BCUT2D eigenvalue weighted by molar-refractivity contribution is 7.81. The Kier molecular flexibility index (Phi) is 6.14. The number of amides is 2. The number of carbonyl (C=O) groups is 2. The molecule has 1 fully saturated rings. The van der Waals surface area contributed by atoms with Gasteiger partial charge < -0.3 is 10.5 Å². The van der Waals surface area contributed by atoms with Gasteiger partial charge in [-0.3, -0.25) is 19.4 Å². The van der Waals surface area contributed by atoms with Gasteiger partial charge in [-0.05, 0) is 49.5 Å². The molecule has 0 saturated carbocycles. The number of benzene rings is 2. The van der Waals surface area contributed by atoms with Crippen LogP contribution in [0.15, 0.2) is 36.4 Å². The third-order valence-electron chi connectivity index (χ3n) is 5.14. The molecule has 33 heavy (non-hydrogen) atoms. The van der Waals surface area contributed by atoms with Crippen molar-refractivity contribution >= 4 is 40.5 Å². The number of thiocarbonyl (C=S) groups is 1. The first-order valence-corrected chi connectivity index (χ1v) is 9.66. The number of nitrogens with zero attached hydrogens (tertiary/aromatic N) is 3. The monoisotopic (exact) mass is 480 g/mol. The Labute approximate surface area is 190 Å². The van der Waals surface area contributed by atoms with Gasteiger partial charge in [0.1, 0.15) is 5.54 Å². The van der Waals surface area contributed by atoms with Crippen molar-refractivity contribution in [1.29, 1.82) is 5.26 Å². The summed E-state index contributed by atoms with van der Waals surface area (Å²) < 4.78 is 60.7. The maximum atomic E-state index is 15.2. The van der Waals surface area contributed by atoms with Gasteiger partial charge in [0, 0.05) is 7.11 Å². The molecule has 2 aromatic rings. The summed E-state index contributed by atoms with van der Waals surface area (Å²) >= 11 is 5.38. The molecule has 12 heteroatoms. The Morgan fingerprint density at radius 2 is 1.97 bits per heavy atom. The number of anilines is 2. The molecule has 1 aliphatic rings. The van der Waals surface area contributed by atoms with E-state index in [9.17, 15) is 22.8 Å². The maximum Gasteiger partial charge on any atom is 0.417 e. The lowest BCUT2D eigenvalue weighted by atomic mass is 10.00. The van der Waals surface area contributed by atoms with E-state index in [0.717, 1.165) is 28.0 Å². The third-order valence-corrected chi connectivity index (χ3v) is 5.50. The van der Waals surface area contributed by atoms with Gasteiger partial charge in [-0.25, -0.2) is 4.39 Å². The fourth-order valence-corrected chi connectivity index (χ4v) is 4.11. The van der Waals surface area contributed by atoms with E-state index in [2.05, 4.69) is 0 Å². The summed E-state index contributed by atoms with van der Waals surface area (Å²) in [6, 6.07) is 7.84. The van der Waals surface area contributed by atoms with Crippen LogP contribution in [0.2, 0.25) is 0 Å². The predicted octanol–water partition coefficient (Wildman–Crippen LogP) is 3.36. The van der Waals surface area contributed by atoms with Crippen molar-refractivity contribution in [2.45, 2.75) is 18.6 Å². The van der Waals surface area contributed by atoms with Crippen LogP contribution >= 0.6 is 12.2 Å². The largest absolute Gasteiger partial charge is 0.417 e. The van der Waals surface area contributed by atoms with Crippen molar-refractivity contribution in [3.8, 4) is 6.07 Å². The molecule has 0 bridgehead atoms. The number of rotatable bonds is 5. The lowest BCUT2D eigenvalue weighted by Crippen LogP contribution is -2.51. The molecule has 1 heterocycles. The normalized spacial score (nSPS) is 18.6. The zero-order valence-corrected chi connectivity index (χ0v) is 18.1. The molecule has 3 rings (SSSR count). The second-order valence-corrected chi connectivity index (χ2v) is 7.67. The molecular formula is C21H16F4N4O3S. The predicted molar refractivity (Wildman–Crippen MR) is 114 cm³/mol. The molecule has 1 aliphatic heterocycles. The van der Waals surface area contributed by atoms with E-state index in [1.165, 1.54) is 32.2 Å². The summed E-state index contributed by atoms with van der Waals surface area (Å²) in [5.41, 5.74) is 0.630. The number of ether oxygens (including phenoxy) is 1. The quantitative estimate of drug-likeness (QED) is 0.521. The van der Waals surface area contributed by atoms with Crippen molar-refractivity contribution in [3.05, 3.63) is 58.9 Å². The molecule has 2 amide bonds. The Hall–Kier alpha value is -3.56. The molecule has 1 atom stereocenters. The first kappa shape index (κ1) is 24.1. The average Bonchev–Trinajstić information content (AvgIpc) is 2.92. The van der Waals surface area contributed by atoms with E-state index in [1.54, 1.807) is 0 Å². The molecule has 0 spiro atoms. The van der Waals surface area contributed by atoms with Crippen LogP contribution in [0.3, 0.4) is 0 Å². The molecule has 0 aromatic heterocycles. The minimum atomic E-state index is -4.87. The summed E-state index contributed by atoms with van der Waals surface area (Å²) in [6.07, 6.45) is -4.87. The second kappa shape index (κ2) is 8.42. The highest BCUT2D eigenvalue weighted by atomic mass is 32.1. The number of carbonyl (C=O) groups excluding carboxylic acids is 2. The number of hydrogen-bond donors (Lipinski definition) is 1. The third kappa shape index (κ3) is 3.90. The number of methoxy groups -OCH3 is 1. The Balaban J connectivity index is 2.22. The van der Waals surface area contributed by atoms with E-state index in [1.807, 2.05) is 0 Å². The minimum Gasteiger partial charge on any atom is -0.382 e. The molecule has 2 aromatic carbocycles. The first-order chi connectivity index (χ1) is 15.4. The number of hydrogen-bond acceptors (Lipinski definition) is 5. The van der Waals surface area contributed by atoms with E-state index in [-0.39, 0.29) is 23.1 Å². The number of primary amides is 1. The van der Waals surface area contributed by atoms with E-state index < -0.39 is 46.0 Å². The lowest BCUT2D eigenvalue weighted by Gasteiger charge is -2.32. The number of nitrogens with two attached hydrogens (primary N) is 1. The van der Waals surface area contributed by atoms with Crippen molar-refractivity contribution in [2.75, 3.05) is 23.5 Å². The summed E-state index contributed by atoms with van der Waals surface area (Å²) in [7, 11) is 1.28. The summed E-state index contributed by atoms with van der Waals surface area (Å²) in [6.45, 7) is 1.06. The van der Waals surface area contributed by atoms with E-state index >= 15 is 4.39 Å². The highest BCUT2D eigenvalue weighted by Crippen LogP contribution is 2.40. The second-order valence-electron chi connectivity index (χ2n) is 7.31. The number of alkyl halides is 3. The molecule has 0 radical (unpaired) electrons. The highest BCUT2D eigenvalue weighted by Gasteiger charge is 2.54. The van der Waals surface area contributed by atoms with Gasteiger partial charge in [0.05, 0.1) is 40.7 Å². The van der Waals surface area contributed by atoms with Gasteiger partial charge >= 0.3 is 6.18 Å². The maximum absolute atomic E-state index is 15.2. The van der Waals surface area contributed by atoms with Crippen LogP contribution in [0, 0.1) is 17.1 Å². The van der Waals surface area contributed by atoms with Gasteiger partial charge in [0.2, 0.25) is 0 Å². The van der Waals surface area contributed by atoms with Gasteiger partial charge in [-0.2, -0.15) is 18.4 Å². The zero-order chi connectivity index (χ0) is 24.7. The SMILES string of the molecule is COCC1(C)C(=O)N(c2ccc(C#N)c(C(F)(F)F)c2)C(=S)N1c1cccc(C(N)=O)c1F. The molecule has 2 N–H and O–H groups in total. The van der Waals surface area contributed by atoms with Gasteiger partial charge in [0.25, 0.3) is 11.8 Å². The molecule has 0 aliphatic carbocycles. The minimum absolute atomic E-state index is 0.271. The standard InChI is InChI=1S/C21H16F4N4O3S/c1-20(10-32-2)18(31)28(12-7-6-11(9-26)14(8-12)21(23,24)25)19(33)29(20)15-5-3-4-13(16(15)22)17(27)30/h3-8H,10H2,1-2H3,(H2,27,30). The first-order valence-electron chi connectivity index (χ1n) is 9.25. The Morgan fingerprint density at radius 1 is 1.30 bits per heavy atom. The van der Waals surface area contributed by atoms with Crippen LogP contribution < -0.4 is 15.5 Å². The van der Waals surface area contributed by atoms with E-state index in [4.69, 9.17) is 28.0 Å². The topological polar surface area (TPSA) is 99.7 Å². The molecule has 1 saturated heterocycles. The van der Waals surface area contributed by atoms with Crippen molar-refractivity contribution in [2.24, 2.45) is 5.73 Å². The molecular weight excluding hydrogens is 464 g/mol. The zero-order valence-electron chi connectivity index (χ0n) is 17.2. The fourth-order valence-electron chi connectivity index (χ4n) is 3.62. The number of halogens is 4. The Morgan fingerprint density at radius 3 is 2.52 bits per heavy atom. The summed E-state index contributed by atoms with van der Waals surface area (Å²) in [5.74, 6) is -2.91. The van der Waals surface area contributed by atoms with Crippen LogP contribution in [0.25, 0.3) is 0 Å². The molecule has 172 valence electrons. The van der Waals surface area contributed by atoms with Gasteiger partial charge in [-0.1, -0.05) is 6.07 Å². The van der Waals surface area contributed by atoms with Crippen molar-refractivity contribution < 1.29 is 31.9 Å². The molecule has 7 nitrogen and oxygen atoms in total.